The lowest BCUT2D eigenvalue weighted by molar-refractivity contribution is -0.899. The van der Waals surface area contributed by atoms with Gasteiger partial charge in [-0.1, -0.05) is 52.4 Å². The van der Waals surface area contributed by atoms with Gasteiger partial charge in [0.05, 0.1) is 20.6 Å². The van der Waals surface area contributed by atoms with E-state index in [2.05, 4.69) is 43.9 Å². The zero-order chi connectivity index (χ0) is 13.1. The highest BCUT2D eigenvalue weighted by Gasteiger charge is 2.22. The van der Waals surface area contributed by atoms with E-state index in [1.165, 1.54) is 64.3 Å². The maximum atomic E-state index is 3.78. The van der Waals surface area contributed by atoms with Crippen LogP contribution >= 0.6 is 15.9 Å². The van der Waals surface area contributed by atoms with E-state index >= 15 is 0 Å². The quantitative estimate of drug-likeness (QED) is 0.221. The lowest BCUT2D eigenvalue weighted by Crippen LogP contribution is -3.00. The maximum Gasteiger partial charge on any atom is 0.143 e. The van der Waals surface area contributed by atoms with Crippen LogP contribution in [-0.4, -0.2) is 30.1 Å². The van der Waals surface area contributed by atoms with Crippen LogP contribution in [0.3, 0.4) is 0 Å². The highest BCUT2D eigenvalue weighted by molar-refractivity contribution is 9.09. The van der Waals surface area contributed by atoms with Gasteiger partial charge in [-0.3, -0.25) is 0 Å². The predicted octanol–water partition coefficient (Wildman–Crippen LogP) is 2.34. The topological polar surface area (TPSA) is 0 Å². The van der Waals surface area contributed by atoms with Crippen molar-refractivity contribution in [2.45, 2.75) is 76.6 Å². The van der Waals surface area contributed by atoms with Crippen LogP contribution in [0.4, 0.5) is 0 Å². The van der Waals surface area contributed by atoms with Gasteiger partial charge in [0.2, 0.25) is 0 Å². The standard InChI is InChI=1S/C15H33BrN.BrH/c1-5-7-8-9-10-11-12-13-14-17(3,4)15(16)6-2;/h15H,5-14H2,1-4H3;1H/q+1;/p-1. The molecule has 0 aliphatic carbocycles. The van der Waals surface area contributed by atoms with Crippen molar-refractivity contribution in [3.8, 4) is 0 Å². The second kappa shape index (κ2) is 12.9. The van der Waals surface area contributed by atoms with Crippen LogP contribution in [0.25, 0.3) is 0 Å². The first-order chi connectivity index (χ1) is 8.04. The fraction of sp³-hybridized carbons (Fsp3) is 1.00. The molecule has 1 nitrogen and oxygen atoms in total. The molecule has 0 aromatic rings. The van der Waals surface area contributed by atoms with Crippen LogP contribution in [0.1, 0.15) is 71.6 Å². The molecular formula is C15H33Br2N. The molecule has 0 saturated carbocycles. The first kappa shape index (κ1) is 21.2. The molecule has 18 heavy (non-hydrogen) atoms. The van der Waals surface area contributed by atoms with Crippen molar-refractivity contribution in [2.75, 3.05) is 20.6 Å². The van der Waals surface area contributed by atoms with E-state index in [0.29, 0.717) is 4.95 Å². The fourth-order valence-electron chi connectivity index (χ4n) is 2.29. The number of alkyl halides is 1. The van der Waals surface area contributed by atoms with E-state index in [1.807, 2.05) is 0 Å². The first-order valence-corrected chi connectivity index (χ1v) is 8.43. The second-order valence-electron chi connectivity index (χ2n) is 5.82. The van der Waals surface area contributed by atoms with Crippen molar-refractivity contribution in [1.82, 2.24) is 0 Å². The third kappa shape index (κ3) is 10.8. The number of hydrogen-bond acceptors (Lipinski definition) is 0. The lowest BCUT2D eigenvalue weighted by atomic mass is 10.1. The minimum atomic E-state index is 0. The lowest BCUT2D eigenvalue weighted by Gasteiger charge is -2.34. The molecule has 3 heteroatoms. The summed E-state index contributed by atoms with van der Waals surface area (Å²) in [4.78, 5) is 0.618. The Labute approximate surface area is 134 Å². The van der Waals surface area contributed by atoms with Gasteiger partial charge in [0.1, 0.15) is 4.95 Å². The van der Waals surface area contributed by atoms with Gasteiger partial charge in [-0.15, -0.1) is 0 Å². The van der Waals surface area contributed by atoms with Crippen molar-refractivity contribution in [2.24, 2.45) is 0 Å². The third-order valence-corrected chi connectivity index (χ3v) is 5.44. The molecule has 0 rings (SSSR count). The Kier molecular flexibility index (Phi) is 15.2. The van der Waals surface area contributed by atoms with Crippen molar-refractivity contribution in [3.05, 3.63) is 0 Å². The summed E-state index contributed by atoms with van der Waals surface area (Å²) in [7, 11) is 4.67. The van der Waals surface area contributed by atoms with Gasteiger partial charge < -0.3 is 21.5 Å². The van der Waals surface area contributed by atoms with Gasteiger partial charge in [0, 0.05) is 6.42 Å². The van der Waals surface area contributed by atoms with Crippen LogP contribution in [0.15, 0.2) is 0 Å². The summed E-state index contributed by atoms with van der Waals surface area (Å²) < 4.78 is 1.12. The monoisotopic (exact) mass is 385 g/mol. The molecule has 1 atom stereocenters. The van der Waals surface area contributed by atoms with Gasteiger partial charge in [0.25, 0.3) is 0 Å². The van der Waals surface area contributed by atoms with Crippen molar-refractivity contribution in [1.29, 1.82) is 0 Å². The third-order valence-electron chi connectivity index (χ3n) is 3.68. The largest absolute Gasteiger partial charge is 1.00 e. The predicted molar refractivity (Wildman–Crippen MR) is 82.6 cm³/mol. The zero-order valence-corrected chi connectivity index (χ0v) is 16.0. The smallest absolute Gasteiger partial charge is 0.143 e. The van der Waals surface area contributed by atoms with E-state index < -0.39 is 0 Å². The van der Waals surface area contributed by atoms with Gasteiger partial charge in [-0.25, -0.2) is 0 Å². The number of rotatable bonds is 11. The van der Waals surface area contributed by atoms with E-state index in [-0.39, 0.29) is 17.0 Å². The molecule has 0 fully saturated rings. The van der Waals surface area contributed by atoms with Crippen LogP contribution in [-0.2, 0) is 0 Å². The van der Waals surface area contributed by atoms with Crippen LogP contribution in [0.2, 0.25) is 0 Å². The van der Waals surface area contributed by atoms with E-state index in [4.69, 9.17) is 0 Å². The Hall–Kier alpha value is 0.920. The summed E-state index contributed by atoms with van der Waals surface area (Å²) in [5.74, 6) is 0. The average Bonchev–Trinajstić information content (AvgIpc) is 2.31. The summed E-state index contributed by atoms with van der Waals surface area (Å²) in [6, 6.07) is 0. The number of quaternary nitrogens is 1. The molecule has 0 amide bonds. The number of hydrogen-bond donors (Lipinski definition) is 0. The molecule has 0 aliphatic rings. The van der Waals surface area contributed by atoms with E-state index in [9.17, 15) is 0 Å². The molecule has 0 N–H and O–H groups in total. The Morgan fingerprint density at radius 3 is 1.72 bits per heavy atom. The summed E-state index contributed by atoms with van der Waals surface area (Å²) in [5.41, 5.74) is 0. The van der Waals surface area contributed by atoms with Crippen LogP contribution in [0, 0.1) is 0 Å². The molecule has 0 aromatic heterocycles. The summed E-state index contributed by atoms with van der Waals surface area (Å²) in [5, 5.41) is 0. The van der Waals surface area contributed by atoms with E-state index in [1.54, 1.807) is 0 Å². The number of nitrogens with zero attached hydrogens (tertiary/aromatic N) is 1. The summed E-state index contributed by atoms with van der Waals surface area (Å²) >= 11 is 3.78. The Balaban J connectivity index is 0. The second-order valence-corrected chi connectivity index (χ2v) is 6.88. The van der Waals surface area contributed by atoms with Gasteiger partial charge in [0.15, 0.2) is 0 Å². The normalized spacial score (nSPS) is 13.2. The van der Waals surface area contributed by atoms with Gasteiger partial charge in [-0.05, 0) is 28.8 Å². The van der Waals surface area contributed by atoms with Crippen molar-refractivity contribution >= 4 is 15.9 Å². The van der Waals surface area contributed by atoms with E-state index in [0.717, 1.165) is 4.48 Å². The molecule has 0 heterocycles. The molecule has 0 saturated heterocycles. The number of halogens is 2. The first-order valence-electron chi connectivity index (χ1n) is 7.51. The Morgan fingerprint density at radius 1 is 0.833 bits per heavy atom. The number of unbranched alkanes of at least 4 members (excludes halogenated alkanes) is 7. The molecule has 0 radical (unpaired) electrons. The maximum absolute atomic E-state index is 3.78. The minimum absolute atomic E-state index is 0. The minimum Gasteiger partial charge on any atom is -1.00 e. The summed E-state index contributed by atoms with van der Waals surface area (Å²) in [6.45, 7) is 5.84. The molecule has 0 spiro atoms. The van der Waals surface area contributed by atoms with Crippen molar-refractivity contribution < 1.29 is 21.5 Å². The van der Waals surface area contributed by atoms with Crippen LogP contribution < -0.4 is 17.0 Å². The highest BCUT2D eigenvalue weighted by Crippen LogP contribution is 2.18. The van der Waals surface area contributed by atoms with Crippen molar-refractivity contribution in [3.63, 3.8) is 0 Å². The molecule has 0 aliphatic heterocycles. The molecule has 1 unspecified atom stereocenters. The highest BCUT2D eigenvalue weighted by atomic mass is 79.9. The zero-order valence-electron chi connectivity index (χ0n) is 12.9. The average molecular weight is 387 g/mol. The van der Waals surface area contributed by atoms with Gasteiger partial charge in [-0.2, -0.15) is 0 Å². The molecule has 112 valence electrons. The summed E-state index contributed by atoms with van der Waals surface area (Å²) in [6.07, 6.45) is 12.5. The van der Waals surface area contributed by atoms with Gasteiger partial charge >= 0.3 is 0 Å². The fourth-order valence-corrected chi connectivity index (χ4v) is 2.49. The van der Waals surface area contributed by atoms with Crippen LogP contribution in [0.5, 0.6) is 0 Å². The Morgan fingerprint density at radius 2 is 1.28 bits per heavy atom. The SMILES string of the molecule is CCCCCCCCCC[N+](C)(C)C(Br)CC.[Br-]. The molecule has 0 bridgehead atoms. The molecular weight excluding hydrogens is 354 g/mol. The molecule has 0 aromatic carbocycles. The Bertz CT molecular complexity index is 172.